The molecule has 0 saturated carbocycles. The van der Waals surface area contributed by atoms with Gasteiger partial charge in [0, 0.05) is 11.3 Å². The average Bonchev–Trinajstić information content (AvgIpc) is 3.50. The van der Waals surface area contributed by atoms with Gasteiger partial charge >= 0.3 is 0 Å². The number of Topliss-reactive ketones (excluding diaryl/α,β-unsaturated/α-hetero) is 1. The van der Waals surface area contributed by atoms with Gasteiger partial charge in [-0.05, 0) is 60.6 Å². The lowest BCUT2D eigenvalue weighted by Crippen LogP contribution is -2.07. The molecule has 0 radical (unpaired) electrons. The fourth-order valence-electron chi connectivity index (χ4n) is 3.97. The number of ether oxygens (including phenoxy) is 2. The Kier molecular flexibility index (Phi) is 6.89. The molecule has 4 heteroatoms. The summed E-state index contributed by atoms with van der Waals surface area (Å²) < 4.78 is 11.2. The van der Waals surface area contributed by atoms with E-state index in [-0.39, 0.29) is 11.9 Å². The first kappa shape index (κ1) is 21.8. The van der Waals surface area contributed by atoms with Crippen molar-refractivity contribution < 1.29 is 14.3 Å². The van der Waals surface area contributed by atoms with Crippen molar-refractivity contribution in [2.75, 3.05) is 13.2 Å². The van der Waals surface area contributed by atoms with Gasteiger partial charge in [-0.25, -0.2) is 0 Å². The van der Waals surface area contributed by atoms with Crippen molar-refractivity contribution in [1.29, 1.82) is 0 Å². The molecular formula is C27H30O3S. The zero-order chi connectivity index (χ0) is 21.8. The van der Waals surface area contributed by atoms with Crippen LogP contribution in [0, 0.1) is 13.8 Å². The summed E-state index contributed by atoms with van der Waals surface area (Å²) in [4.78, 5) is 15.2. The molecule has 0 aliphatic carbocycles. The van der Waals surface area contributed by atoms with Gasteiger partial charge in [0.1, 0.15) is 18.5 Å². The zero-order valence-electron chi connectivity index (χ0n) is 18.6. The fraction of sp³-hybridized carbons (Fsp3) is 0.370. The van der Waals surface area contributed by atoms with E-state index in [9.17, 15) is 4.79 Å². The fourth-order valence-corrected chi connectivity index (χ4v) is 5.23. The molecular weight excluding hydrogens is 404 g/mol. The standard InChI is InChI=1S/C27H30O3S/c1-4-8-25-23(21-9-6-5-7-10-21)15-26(31-25)24(28)12-11-20-13-18(2)27(19(3)14-20)30-17-22-16-29-22/h5-7,9-10,13-15,22H,4,8,11-12,16-17H2,1-3H3. The van der Waals surface area contributed by atoms with E-state index < -0.39 is 0 Å². The first-order valence-electron chi connectivity index (χ1n) is 11.1. The summed E-state index contributed by atoms with van der Waals surface area (Å²) in [5, 5.41) is 0. The molecule has 0 spiro atoms. The Balaban J connectivity index is 1.45. The number of aryl methyl sites for hydroxylation is 4. The number of carbonyl (C=O) groups is 1. The summed E-state index contributed by atoms with van der Waals surface area (Å²) in [5.74, 6) is 1.17. The number of ketones is 1. The monoisotopic (exact) mass is 434 g/mol. The minimum atomic E-state index is 0.228. The second kappa shape index (κ2) is 9.80. The molecule has 4 rings (SSSR count). The zero-order valence-corrected chi connectivity index (χ0v) is 19.4. The molecule has 1 atom stereocenters. The third-order valence-electron chi connectivity index (χ3n) is 5.62. The second-order valence-electron chi connectivity index (χ2n) is 8.31. The van der Waals surface area contributed by atoms with Crippen LogP contribution in [-0.4, -0.2) is 25.1 Å². The summed E-state index contributed by atoms with van der Waals surface area (Å²) in [6.45, 7) is 7.74. The van der Waals surface area contributed by atoms with Crippen LogP contribution in [-0.2, 0) is 17.6 Å². The van der Waals surface area contributed by atoms with Crippen LogP contribution >= 0.6 is 11.3 Å². The molecule has 1 aliphatic heterocycles. The molecule has 3 aromatic rings. The van der Waals surface area contributed by atoms with Gasteiger partial charge in [0.05, 0.1) is 11.5 Å². The molecule has 1 unspecified atom stereocenters. The normalized spacial score (nSPS) is 15.1. The summed E-state index contributed by atoms with van der Waals surface area (Å²) in [7, 11) is 0. The lowest BCUT2D eigenvalue weighted by Gasteiger charge is -2.13. The van der Waals surface area contributed by atoms with Crippen molar-refractivity contribution in [3.8, 4) is 16.9 Å². The molecule has 1 fully saturated rings. The molecule has 31 heavy (non-hydrogen) atoms. The van der Waals surface area contributed by atoms with Gasteiger partial charge < -0.3 is 9.47 Å². The summed E-state index contributed by atoms with van der Waals surface area (Å²) in [6.07, 6.45) is 3.60. The van der Waals surface area contributed by atoms with Crippen molar-refractivity contribution in [2.24, 2.45) is 0 Å². The predicted octanol–water partition coefficient (Wildman–Crippen LogP) is 6.58. The molecule has 2 heterocycles. The van der Waals surface area contributed by atoms with Gasteiger partial charge in [-0.3, -0.25) is 4.79 Å². The van der Waals surface area contributed by atoms with Gasteiger partial charge in [0.25, 0.3) is 0 Å². The Hall–Kier alpha value is -2.43. The Bertz CT molecular complexity index is 1020. The van der Waals surface area contributed by atoms with E-state index >= 15 is 0 Å². The molecule has 3 nitrogen and oxygen atoms in total. The van der Waals surface area contributed by atoms with Crippen LogP contribution in [0.25, 0.3) is 11.1 Å². The van der Waals surface area contributed by atoms with Crippen molar-refractivity contribution in [2.45, 2.75) is 52.6 Å². The van der Waals surface area contributed by atoms with E-state index in [1.165, 1.54) is 21.6 Å². The molecule has 162 valence electrons. The highest BCUT2D eigenvalue weighted by Crippen LogP contribution is 2.34. The lowest BCUT2D eigenvalue weighted by molar-refractivity contribution is 0.0986. The van der Waals surface area contributed by atoms with Crippen LogP contribution in [0.2, 0.25) is 0 Å². The smallest absolute Gasteiger partial charge is 0.173 e. The molecule has 1 aromatic heterocycles. The molecule has 0 amide bonds. The highest BCUT2D eigenvalue weighted by atomic mass is 32.1. The number of hydrogen-bond donors (Lipinski definition) is 0. The average molecular weight is 435 g/mol. The van der Waals surface area contributed by atoms with E-state index in [1.807, 2.05) is 6.07 Å². The van der Waals surface area contributed by atoms with Gasteiger partial charge in [0.15, 0.2) is 5.78 Å². The topological polar surface area (TPSA) is 38.8 Å². The van der Waals surface area contributed by atoms with Crippen LogP contribution in [0.15, 0.2) is 48.5 Å². The summed E-state index contributed by atoms with van der Waals surface area (Å²) >= 11 is 1.66. The van der Waals surface area contributed by atoms with E-state index in [4.69, 9.17) is 9.47 Å². The maximum Gasteiger partial charge on any atom is 0.173 e. The number of rotatable bonds is 10. The van der Waals surface area contributed by atoms with Gasteiger partial charge in [-0.15, -0.1) is 11.3 Å². The first-order valence-corrected chi connectivity index (χ1v) is 11.9. The predicted molar refractivity (Wildman–Crippen MR) is 128 cm³/mol. The number of thiophene rings is 1. The lowest BCUT2D eigenvalue weighted by atomic mass is 10.00. The van der Waals surface area contributed by atoms with Crippen molar-refractivity contribution in [3.05, 3.63) is 75.0 Å². The number of epoxide rings is 1. The molecule has 1 saturated heterocycles. The highest BCUT2D eigenvalue weighted by Gasteiger charge is 2.24. The quantitative estimate of drug-likeness (QED) is 0.267. The Morgan fingerprint density at radius 3 is 2.45 bits per heavy atom. The third kappa shape index (κ3) is 5.44. The number of carbonyl (C=O) groups excluding carboxylic acids is 1. The maximum atomic E-state index is 13.0. The van der Waals surface area contributed by atoms with Crippen LogP contribution in [0.3, 0.4) is 0 Å². The first-order chi connectivity index (χ1) is 15.0. The minimum Gasteiger partial charge on any atom is -0.490 e. The molecule has 1 aliphatic rings. The van der Waals surface area contributed by atoms with E-state index in [1.54, 1.807) is 11.3 Å². The van der Waals surface area contributed by atoms with Crippen molar-refractivity contribution in [1.82, 2.24) is 0 Å². The van der Waals surface area contributed by atoms with E-state index in [0.29, 0.717) is 13.0 Å². The van der Waals surface area contributed by atoms with E-state index in [0.717, 1.165) is 47.6 Å². The Morgan fingerprint density at radius 2 is 1.81 bits per heavy atom. The van der Waals surface area contributed by atoms with Crippen molar-refractivity contribution >= 4 is 17.1 Å². The Labute approximate surface area is 189 Å². The second-order valence-corrected chi connectivity index (χ2v) is 9.45. The van der Waals surface area contributed by atoms with Gasteiger partial charge in [0.2, 0.25) is 0 Å². The summed E-state index contributed by atoms with van der Waals surface area (Å²) in [5.41, 5.74) is 5.84. The summed E-state index contributed by atoms with van der Waals surface area (Å²) in [6, 6.07) is 16.8. The molecule has 2 aromatic carbocycles. The van der Waals surface area contributed by atoms with E-state index in [2.05, 4.69) is 63.2 Å². The van der Waals surface area contributed by atoms with Crippen LogP contribution in [0.4, 0.5) is 0 Å². The van der Waals surface area contributed by atoms with Crippen LogP contribution < -0.4 is 4.74 Å². The van der Waals surface area contributed by atoms with Crippen LogP contribution in [0.5, 0.6) is 5.75 Å². The minimum absolute atomic E-state index is 0.228. The maximum absolute atomic E-state index is 13.0. The Morgan fingerprint density at radius 1 is 1.10 bits per heavy atom. The molecule has 0 bridgehead atoms. The van der Waals surface area contributed by atoms with Gasteiger partial charge in [-0.1, -0.05) is 55.8 Å². The SMILES string of the molecule is CCCc1sc(C(=O)CCc2cc(C)c(OCC3CO3)c(C)c2)cc1-c1ccccc1. The van der Waals surface area contributed by atoms with Crippen LogP contribution in [0.1, 0.15) is 51.0 Å². The number of hydrogen-bond acceptors (Lipinski definition) is 4. The van der Waals surface area contributed by atoms with Crippen molar-refractivity contribution in [3.63, 3.8) is 0 Å². The highest BCUT2D eigenvalue weighted by molar-refractivity contribution is 7.14. The number of benzene rings is 2. The van der Waals surface area contributed by atoms with Gasteiger partial charge in [-0.2, -0.15) is 0 Å². The largest absolute Gasteiger partial charge is 0.490 e. The molecule has 0 N–H and O–H groups in total. The third-order valence-corrected chi connectivity index (χ3v) is 6.86.